The third-order valence-corrected chi connectivity index (χ3v) is 2.66. The van der Waals surface area contributed by atoms with Gasteiger partial charge in [-0.2, -0.15) is 17.6 Å². The van der Waals surface area contributed by atoms with Gasteiger partial charge in [0.25, 0.3) is 0 Å². The Hall–Kier alpha value is 0.476. The van der Waals surface area contributed by atoms with Crippen LogP contribution in [0.5, 0.6) is 0 Å². The van der Waals surface area contributed by atoms with Crippen LogP contribution in [0.4, 0.5) is 17.6 Å². The second kappa shape index (κ2) is 7.47. The molecule has 19 heavy (non-hydrogen) atoms. The monoisotopic (exact) mass is 332 g/mol. The summed E-state index contributed by atoms with van der Waals surface area (Å²) in [4.78, 5) is 10.7. The first-order valence-electron chi connectivity index (χ1n) is 4.36. The Morgan fingerprint density at radius 2 is 1.74 bits per heavy atom. The topological polar surface area (TPSA) is 83.5 Å². The van der Waals surface area contributed by atoms with E-state index in [4.69, 9.17) is 0 Å². The number of carbonyl (C=O) groups excluding carboxylic acids is 1. The Morgan fingerprint density at radius 3 is 2.05 bits per heavy atom. The van der Waals surface area contributed by atoms with Crippen LogP contribution in [0.2, 0.25) is 0 Å². The molecule has 0 N–H and O–H groups in total. The maximum absolute atomic E-state index is 12.8. The number of alkyl halides is 4. The quantitative estimate of drug-likeness (QED) is 0.190. The molecule has 0 aliphatic rings. The van der Waals surface area contributed by atoms with E-state index in [2.05, 4.69) is 11.3 Å². The standard InChI is InChI=1S/C8H10F4O5S.K/c1-5(2)6(13)17-4-3-7(9,10)8(11,12)18(14,15)16;/h1,3-4H2,2H3,(H,14,15,16);/q;+1/p-1. The fourth-order valence-corrected chi connectivity index (χ4v) is 1.19. The van der Waals surface area contributed by atoms with Crippen LogP contribution in [0.1, 0.15) is 13.3 Å². The number of esters is 1. The minimum absolute atomic E-state index is 0. The number of halogens is 4. The van der Waals surface area contributed by atoms with Crippen molar-refractivity contribution in [3.63, 3.8) is 0 Å². The van der Waals surface area contributed by atoms with Crippen LogP contribution < -0.4 is 51.4 Å². The number of rotatable bonds is 6. The molecular formula is C8H9F4KO5S. The first kappa shape index (κ1) is 21.8. The molecule has 11 heteroatoms. The predicted molar refractivity (Wildman–Crippen MR) is 50.0 cm³/mol. The molecule has 106 valence electrons. The molecule has 0 amide bonds. The van der Waals surface area contributed by atoms with Gasteiger partial charge in [-0.1, -0.05) is 6.58 Å². The first-order valence-corrected chi connectivity index (χ1v) is 5.77. The van der Waals surface area contributed by atoms with Gasteiger partial charge in [0.05, 0.1) is 13.0 Å². The van der Waals surface area contributed by atoms with Crippen molar-refractivity contribution >= 4 is 16.1 Å². The van der Waals surface area contributed by atoms with Crippen molar-refractivity contribution in [2.24, 2.45) is 0 Å². The van der Waals surface area contributed by atoms with Gasteiger partial charge in [-0.05, 0) is 6.92 Å². The van der Waals surface area contributed by atoms with Gasteiger partial charge in [0.1, 0.15) is 0 Å². The van der Waals surface area contributed by atoms with Gasteiger partial charge in [0, 0.05) is 5.57 Å². The van der Waals surface area contributed by atoms with Crippen molar-refractivity contribution in [2.45, 2.75) is 24.5 Å². The van der Waals surface area contributed by atoms with E-state index < -0.39 is 40.3 Å². The number of carbonyl (C=O) groups is 1. The van der Waals surface area contributed by atoms with E-state index in [1.165, 1.54) is 6.92 Å². The molecule has 5 nitrogen and oxygen atoms in total. The molecular weight excluding hydrogens is 323 g/mol. The Morgan fingerprint density at radius 1 is 1.32 bits per heavy atom. The third kappa shape index (κ3) is 5.77. The molecule has 0 aliphatic carbocycles. The van der Waals surface area contributed by atoms with E-state index in [9.17, 15) is 35.3 Å². The molecule has 0 atom stereocenters. The molecule has 0 aromatic carbocycles. The SMILES string of the molecule is C=C(C)C(=O)OCCC(F)(F)C(F)(F)S(=O)(=O)[O-].[K+]. The molecule has 0 saturated carbocycles. The van der Waals surface area contributed by atoms with Crippen molar-refractivity contribution in [3.05, 3.63) is 12.2 Å². The van der Waals surface area contributed by atoms with Gasteiger partial charge >= 0.3 is 68.5 Å². The maximum Gasteiger partial charge on any atom is 1.00 e. The largest absolute Gasteiger partial charge is 1.00 e. The fraction of sp³-hybridized carbons (Fsp3) is 0.625. The normalized spacial score (nSPS) is 12.5. The van der Waals surface area contributed by atoms with Crippen molar-refractivity contribution in [1.29, 1.82) is 0 Å². The molecule has 0 heterocycles. The van der Waals surface area contributed by atoms with Crippen LogP contribution in [0.25, 0.3) is 0 Å². The molecule has 0 rings (SSSR count). The van der Waals surface area contributed by atoms with E-state index in [1.807, 2.05) is 0 Å². The van der Waals surface area contributed by atoms with Crippen LogP contribution in [-0.4, -0.2) is 36.7 Å². The maximum atomic E-state index is 12.8. The molecule has 0 fully saturated rings. The molecule has 0 aromatic rings. The Labute approximate surface area is 149 Å². The van der Waals surface area contributed by atoms with Crippen LogP contribution >= 0.6 is 0 Å². The smallest absolute Gasteiger partial charge is 0.743 e. The van der Waals surface area contributed by atoms with Crippen molar-refractivity contribution in [2.75, 3.05) is 6.61 Å². The summed E-state index contributed by atoms with van der Waals surface area (Å²) < 4.78 is 84.9. The zero-order valence-electron chi connectivity index (χ0n) is 10.1. The van der Waals surface area contributed by atoms with Crippen LogP contribution in [-0.2, 0) is 19.6 Å². The summed E-state index contributed by atoms with van der Waals surface area (Å²) >= 11 is 0. The summed E-state index contributed by atoms with van der Waals surface area (Å²) in [5.74, 6) is -6.23. The van der Waals surface area contributed by atoms with Gasteiger partial charge in [-0.15, -0.1) is 0 Å². The van der Waals surface area contributed by atoms with Gasteiger partial charge in [-0.3, -0.25) is 0 Å². The minimum Gasteiger partial charge on any atom is -0.743 e. The third-order valence-electron chi connectivity index (χ3n) is 1.74. The predicted octanol–water partition coefficient (Wildman–Crippen LogP) is -1.73. The van der Waals surface area contributed by atoms with Crippen LogP contribution in [0, 0.1) is 0 Å². The molecule has 0 unspecified atom stereocenters. The average Bonchev–Trinajstić information content (AvgIpc) is 2.14. The summed E-state index contributed by atoms with van der Waals surface area (Å²) in [7, 11) is -6.52. The Bertz CT molecular complexity index is 448. The number of hydrogen-bond acceptors (Lipinski definition) is 5. The molecule has 0 bridgehead atoms. The Balaban J connectivity index is 0. The zero-order valence-corrected chi connectivity index (χ0v) is 14.0. The molecule has 0 spiro atoms. The molecule has 0 saturated heterocycles. The summed E-state index contributed by atoms with van der Waals surface area (Å²) in [6.07, 6.45) is -1.81. The molecule has 0 aliphatic heterocycles. The second-order valence-electron chi connectivity index (χ2n) is 3.34. The summed E-state index contributed by atoms with van der Waals surface area (Å²) in [5.41, 5.74) is -0.151. The summed E-state index contributed by atoms with van der Waals surface area (Å²) in [6.45, 7) is 3.12. The van der Waals surface area contributed by atoms with Crippen molar-refractivity contribution in [1.82, 2.24) is 0 Å². The zero-order chi connectivity index (χ0) is 14.8. The number of hydrogen-bond donors (Lipinski definition) is 0. The van der Waals surface area contributed by atoms with E-state index in [1.54, 1.807) is 0 Å². The average molecular weight is 332 g/mol. The number of ether oxygens (including phenoxy) is 1. The van der Waals surface area contributed by atoms with Gasteiger partial charge in [-0.25, -0.2) is 13.2 Å². The second-order valence-corrected chi connectivity index (χ2v) is 4.76. The minimum atomic E-state index is -6.52. The van der Waals surface area contributed by atoms with Gasteiger partial charge in [0.15, 0.2) is 10.1 Å². The van der Waals surface area contributed by atoms with Crippen molar-refractivity contribution < 1.29 is 91.4 Å². The van der Waals surface area contributed by atoms with Crippen molar-refractivity contribution in [3.8, 4) is 0 Å². The molecule has 0 aromatic heterocycles. The van der Waals surface area contributed by atoms with Gasteiger partial charge in [0.2, 0.25) is 0 Å². The van der Waals surface area contributed by atoms with Crippen LogP contribution in [0.15, 0.2) is 12.2 Å². The van der Waals surface area contributed by atoms with Gasteiger partial charge < -0.3 is 9.29 Å². The Kier molecular flexibility index (Phi) is 8.56. The molecule has 0 radical (unpaired) electrons. The van der Waals surface area contributed by atoms with Crippen LogP contribution in [0.3, 0.4) is 0 Å². The first-order chi connectivity index (χ1) is 7.83. The summed E-state index contributed by atoms with van der Waals surface area (Å²) in [6, 6.07) is 0. The summed E-state index contributed by atoms with van der Waals surface area (Å²) in [5, 5.41) is -5.77. The van der Waals surface area contributed by atoms with E-state index in [0.29, 0.717) is 0 Å². The van der Waals surface area contributed by atoms with E-state index in [0.717, 1.165) is 0 Å². The fourth-order valence-electron chi connectivity index (χ4n) is 0.724. The van der Waals surface area contributed by atoms with E-state index in [-0.39, 0.29) is 57.0 Å². The van der Waals surface area contributed by atoms with E-state index >= 15 is 0 Å².